The zero-order valence-corrected chi connectivity index (χ0v) is 16.0. The Kier molecular flexibility index (Phi) is 6.72. The van der Waals surface area contributed by atoms with Crippen LogP contribution in [-0.2, 0) is 19.4 Å². The van der Waals surface area contributed by atoms with Gasteiger partial charge in [0, 0.05) is 7.05 Å². The molecule has 0 aliphatic heterocycles. The van der Waals surface area contributed by atoms with Crippen molar-refractivity contribution in [1.82, 2.24) is 4.90 Å². The Balaban J connectivity index is 2.00. The van der Waals surface area contributed by atoms with E-state index in [1.807, 2.05) is 0 Å². The monoisotopic (exact) mass is 414 g/mol. The van der Waals surface area contributed by atoms with E-state index < -0.39 is 44.5 Å². The molecule has 1 amide bonds. The summed E-state index contributed by atoms with van der Waals surface area (Å²) in [6, 6.07) is 6.00. The Morgan fingerprint density at radius 1 is 1.21 bits per heavy atom. The van der Waals surface area contributed by atoms with Crippen molar-refractivity contribution in [3.05, 3.63) is 29.8 Å². The highest BCUT2D eigenvalue weighted by atomic mass is 32.2. The van der Waals surface area contributed by atoms with Gasteiger partial charge in [-0.05, 0) is 37.1 Å². The smallest absolute Gasteiger partial charge is 0.341 e. The lowest BCUT2D eigenvalue weighted by Crippen LogP contribution is -2.51. The second-order valence-corrected chi connectivity index (χ2v) is 8.48. The molecule has 152 valence electrons. The number of sulfone groups is 1. The minimum absolute atomic E-state index is 0.0867. The predicted molar refractivity (Wildman–Crippen MR) is 94.1 cm³/mol. The predicted octanol–water partition coefficient (Wildman–Crippen LogP) is 2.52. The van der Waals surface area contributed by atoms with Gasteiger partial charge in [0.1, 0.15) is 5.54 Å². The first-order chi connectivity index (χ1) is 13.1. The van der Waals surface area contributed by atoms with Crippen LogP contribution in [0.15, 0.2) is 29.2 Å². The molecule has 1 aromatic carbocycles. The first-order valence-corrected chi connectivity index (χ1v) is 10.2. The normalized spacial score (nSPS) is 16.2. The van der Waals surface area contributed by atoms with Gasteiger partial charge in [0.15, 0.2) is 6.61 Å². The van der Waals surface area contributed by atoms with Crippen LogP contribution in [0.25, 0.3) is 0 Å². The van der Waals surface area contributed by atoms with Gasteiger partial charge in [-0.1, -0.05) is 19.3 Å². The van der Waals surface area contributed by atoms with Crippen molar-refractivity contribution in [3.63, 3.8) is 0 Å². The van der Waals surface area contributed by atoms with Crippen LogP contribution in [0.2, 0.25) is 0 Å². The molecule has 1 aromatic rings. The van der Waals surface area contributed by atoms with Crippen molar-refractivity contribution in [1.29, 1.82) is 5.26 Å². The summed E-state index contributed by atoms with van der Waals surface area (Å²) in [4.78, 5) is 25.1. The van der Waals surface area contributed by atoms with Crippen molar-refractivity contribution in [3.8, 4) is 6.07 Å². The summed E-state index contributed by atoms with van der Waals surface area (Å²) in [5.41, 5.74) is -0.996. The minimum atomic E-state index is -4.76. The lowest BCUT2D eigenvalue weighted by atomic mass is 9.81. The van der Waals surface area contributed by atoms with E-state index in [0.717, 1.165) is 43.5 Å². The van der Waals surface area contributed by atoms with Gasteiger partial charge in [-0.2, -0.15) is 14.0 Å². The minimum Gasteiger partial charge on any atom is -0.452 e. The zero-order chi connectivity index (χ0) is 20.9. The average Bonchev–Trinajstić information content (AvgIpc) is 2.71. The summed E-state index contributed by atoms with van der Waals surface area (Å²) >= 11 is 0. The Morgan fingerprint density at radius 3 is 2.29 bits per heavy atom. The topological polar surface area (TPSA) is 105 Å². The van der Waals surface area contributed by atoms with E-state index in [0.29, 0.717) is 12.8 Å². The van der Waals surface area contributed by atoms with E-state index in [4.69, 9.17) is 4.74 Å². The van der Waals surface area contributed by atoms with Gasteiger partial charge in [0.05, 0.1) is 16.5 Å². The number of halogens is 2. The lowest BCUT2D eigenvalue weighted by molar-refractivity contribution is -0.138. The van der Waals surface area contributed by atoms with Gasteiger partial charge < -0.3 is 9.64 Å². The van der Waals surface area contributed by atoms with Crippen molar-refractivity contribution in [2.75, 3.05) is 13.7 Å². The van der Waals surface area contributed by atoms with Gasteiger partial charge in [-0.15, -0.1) is 0 Å². The highest BCUT2D eigenvalue weighted by Crippen LogP contribution is 2.32. The summed E-state index contributed by atoms with van der Waals surface area (Å²) in [6.45, 7) is -0.587. The van der Waals surface area contributed by atoms with Gasteiger partial charge in [-0.25, -0.2) is 13.2 Å². The molecule has 0 spiro atoms. The molecule has 0 heterocycles. The zero-order valence-electron chi connectivity index (χ0n) is 15.2. The van der Waals surface area contributed by atoms with Gasteiger partial charge >= 0.3 is 11.7 Å². The molecule has 2 rings (SSSR count). The molecule has 0 aromatic heterocycles. The highest BCUT2D eigenvalue weighted by Gasteiger charge is 2.39. The SMILES string of the molecule is CN(C(=O)COC(=O)c1ccc(S(=O)(=O)C(F)F)cc1)C1(C#N)CCCCC1. The molecule has 1 saturated carbocycles. The maximum absolute atomic E-state index is 12.5. The Morgan fingerprint density at radius 2 is 1.79 bits per heavy atom. The summed E-state index contributed by atoms with van der Waals surface area (Å²) in [5, 5.41) is 9.49. The first kappa shape index (κ1) is 21.8. The molecular weight excluding hydrogens is 394 g/mol. The number of likely N-dealkylation sites (N-methyl/N-ethyl adjacent to an activating group) is 1. The second kappa shape index (κ2) is 8.65. The van der Waals surface area contributed by atoms with Crippen molar-refractivity contribution in [2.45, 2.75) is 48.3 Å². The molecule has 0 unspecified atom stereocenters. The van der Waals surface area contributed by atoms with Crippen molar-refractivity contribution < 1.29 is 31.5 Å². The maximum atomic E-state index is 12.5. The van der Waals surface area contributed by atoms with Crippen LogP contribution >= 0.6 is 0 Å². The fourth-order valence-corrected chi connectivity index (χ4v) is 3.81. The summed E-state index contributed by atoms with van der Waals surface area (Å²) in [5.74, 6) is -5.00. The maximum Gasteiger partial charge on any atom is 0.341 e. The Hall–Kier alpha value is -2.54. The molecule has 0 radical (unpaired) electrons. The molecule has 1 aliphatic carbocycles. The summed E-state index contributed by atoms with van der Waals surface area (Å²) in [7, 11) is -3.26. The molecule has 1 aliphatic rings. The van der Waals surface area contributed by atoms with E-state index >= 15 is 0 Å². The third kappa shape index (κ3) is 4.47. The summed E-state index contributed by atoms with van der Waals surface area (Å²) in [6.07, 6.45) is 3.77. The van der Waals surface area contributed by atoms with E-state index in [-0.39, 0.29) is 5.56 Å². The lowest BCUT2D eigenvalue weighted by Gasteiger charge is -2.38. The number of esters is 1. The van der Waals surface area contributed by atoms with E-state index in [2.05, 4.69) is 6.07 Å². The number of nitriles is 1. The number of benzene rings is 1. The molecule has 0 saturated heterocycles. The van der Waals surface area contributed by atoms with E-state index in [1.165, 1.54) is 11.9 Å². The number of ether oxygens (including phenoxy) is 1. The highest BCUT2D eigenvalue weighted by molar-refractivity contribution is 7.91. The molecule has 7 nitrogen and oxygen atoms in total. The van der Waals surface area contributed by atoms with Crippen LogP contribution in [0, 0.1) is 11.3 Å². The number of hydrogen-bond donors (Lipinski definition) is 0. The fraction of sp³-hybridized carbons (Fsp3) is 0.500. The molecule has 0 bridgehead atoms. The fourth-order valence-electron chi connectivity index (χ4n) is 3.09. The van der Waals surface area contributed by atoms with Crippen molar-refractivity contribution in [2.24, 2.45) is 0 Å². The van der Waals surface area contributed by atoms with Crippen LogP contribution in [0.5, 0.6) is 0 Å². The molecular formula is C18H20F2N2O5S. The summed E-state index contributed by atoms with van der Waals surface area (Å²) < 4.78 is 52.7. The van der Waals surface area contributed by atoms with Gasteiger partial charge in [0.25, 0.3) is 5.91 Å². The number of nitrogens with zero attached hydrogens (tertiary/aromatic N) is 2. The standard InChI is InChI=1S/C18H20F2N2O5S/c1-22(18(12-21)9-3-2-4-10-18)15(23)11-27-16(24)13-5-7-14(8-6-13)28(25,26)17(19)20/h5-8,17H,2-4,9-11H2,1H3. The Bertz CT molecular complexity index is 872. The van der Waals surface area contributed by atoms with Gasteiger partial charge in [0.2, 0.25) is 9.84 Å². The molecule has 1 fully saturated rings. The van der Waals surface area contributed by atoms with Crippen LogP contribution < -0.4 is 0 Å². The largest absolute Gasteiger partial charge is 0.452 e. The van der Waals surface area contributed by atoms with Crippen molar-refractivity contribution >= 4 is 21.7 Å². The number of carbonyl (C=O) groups excluding carboxylic acids is 2. The molecule has 10 heteroatoms. The third-order valence-electron chi connectivity index (χ3n) is 4.88. The van der Waals surface area contributed by atoms with Crippen LogP contribution in [0.3, 0.4) is 0 Å². The third-order valence-corrected chi connectivity index (χ3v) is 6.28. The van der Waals surface area contributed by atoms with Crippen LogP contribution in [-0.4, -0.2) is 50.1 Å². The van der Waals surface area contributed by atoms with Crippen LogP contribution in [0.1, 0.15) is 42.5 Å². The number of carbonyl (C=O) groups is 2. The van der Waals surface area contributed by atoms with Gasteiger partial charge in [-0.3, -0.25) is 4.79 Å². The molecule has 0 atom stereocenters. The number of hydrogen-bond acceptors (Lipinski definition) is 6. The quantitative estimate of drug-likeness (QED) is 0.663. The second-order valence-electron chi connectivity index (χ2n) is 6.56. The molecule has 0 N–H and O–H groups in total. The average molecular weight is 414 g/mol. The molecule has 28 heavy (non-hydrogen) atoms. The number of alkyl halides is 2. The number of amides is 1. The number of rotatable bonds is 6. The van der Waals surface area contributed by atoms with E-state index in [9.17, 15) is 32.0 Å². The van der Waals surface area contributed by atoms with E-state index in [1.54, 1.807) is 0 Å². The Labute approximate surface area is 161 Å². The first-order valence-electron chi connectivity index (χ1n) is 8.61. The van der Waals surface area contributed by atoms with Crippen LogP contribution in [0.4, 0.5) is 8.78 Å².